The number of carbonyl (C=O) groups excluding carboxylic acids is 1. The molecule has 92 valence electrons. The van der Waals surface area contributed by atoms with E-state index in [2.05, 4.69) is 0 Å². The Labute approximate surface area is 102 Å². The Bertz CT molecular complexity index is 564. The molecule has 0 aliphatic heterocycles. The van der Waals surface area contributed by atoms with Crippen molar-refractivity contribution in [2.24, 2.45) is 0 Å². The molecule has 0 atom stereocenters. The molecular weight excluding hydrogens is 240 g/mol. The first kappa shape index (κ1) is 12.4. The lowest BCUT2D eigenvalue weighted by atomic mass is 9.75. The second-order valence-electron chi connectivity index (χ2n) is 3.86. The van der Waals surface area contributed by atoms with E-state index in [4.69, 9.17) is 0 Å². The Morgan fingerprint density at radius 3 is 2.00 bits per heavy atom. The summed E-state index contributed by atoms with van der Waals surface area (Å²) in [7, 11) is 0. The average Bonchev–Trinajstić information content (AvgIpc) is 2.38. The molecule has 0 radical (unpaired) electrons. The highest BCUT2D eigenvalue weighted by atomic mass is 19.4. The highest BCUT2D eigenvalue weighted by Gasteiger charge is 2.30. The maximum atomic E-state index is 12.8. The van der Waals surface area contributed by atoms with Gasteiger partial charge in [-0.1, -0.05) is 60.1 Å². The zero-order valence-corrected chi connectivity index (χ0v) is 9.32. The predicted octanol–water partition coefficient (Wildman–Crippen LogP) is 2.97. The third-order valence-electron chi connectivity index (χ3n) is 2.59. The molecule has 0 aliphatic carbocycles. The Morgan fingerprint density at radius 2 is 1.39 bits per heavy atom. The van der Waals surface area contributed by atoms with Crippen molar-refractivity contribution in [1.82, 2.24) is 0 Å². The van der Waals surface area contributed by atoms with Crippen LogP contribution in [0.5, 0.6) is 0 Å². The van der Waals surface area contributed by atoms with Gasteiger partial charge in [-0.15, -0.1) is 0 Å². The minimum atomic E-state index is -5.19. The van der Waals surface area contributed by atoms with Crippen molar-refractivity contribution < 1.29 is 17.7 Å². The molecule has 1 nitrogen and oxygen atoms in total. The first-order valence-corrected chi connectivity index (χ1v) is 5.39. The Kier molecular flexibility index (Phi) is 3.23. The van der Waals surface area contributed by atoms with Crippen LogP contribution in [-0.4, -0.2) is 12.8 Å². The summed E-state index contributed by atoms with van der Waals surface area (Å²) >= 11 is 0. The van der Waals surface area contributed by atoms with Gasteiger partial charge in [0.15, 0.2) is 5.78 Å². The fraction of sp³-hybridized carbons (Fsp3) is 0. The molecule has 0 heterocycles. The highest BCUT2D eigenvalue weighted by Crippen LogP contribution is 2.15. The lowest BCUT2D eigenvalue weighted by Crippen LogP contribution is -2.38. The van der Waals surface area contributed by atoms with Crippen LogP contribution < -0.4 is 5.46 Å². The molecule has 0 N–H and O–H groups in total. The predicted molar refractivity (Wildman–Crippen MR) is 65.0 cm³/mol. The summed E-state index contributed by atoms with van der Waals surface area (Å²) in [6, 6.07) is 12.8. The van der Waals surface area contributed by atoms with E-state index in [9.17, 15) is 17.7 Å². The van der Waals surface area contributed by atoms with E-state index in [0.717, 1.165) is 6.07 Å². The van der Waals surface area contributed by atoms with Crippen LogP contribution in [0.4, 0.5) is 12.9 Å². The van der Waals surface area contributed by atoms with Crippen LogP contribution in [0.25, 0.3) is 0 Å². The number of ketones is 1. The van der Waals surface area contributed by atoms with Gasteiger partial charge in [-0.2, -0.15) is 0 Å². The molecule has 0 amide bonds. The fourth-order valence-electron chi connectivity index (χ4n) is 1.73. The van der Waals surface area contributed by atoms with Crippen LogP contribution in [0.3, 0.4) is 0 Å². The Balaban J connectivity index is 2.50. The van der Waals surface area contributed by atoms with E-state index in [1.165, 1.54) is 30.3 Å². The zero-order valence-electron chi connectivity index (χ0n) is 9.32. The minimum Gasteiger partial charge on any atom is -0.445 e. The van der Waals surface area contributed by atoms with Gasteiger partial charge in [0.2, 0.25) is 0 Å². The van der Waals surface area contributed by atoms with Crippen LogP contribution in [0, 0.1) is 0 Å². The lowest BCUT2D eigenvalue weighted by Gasteiger charge is -2.18. The van der Waals surface area contributed by atoms with Crippen LogP contribution in [0.15, 0.2) is 54.6 Å². The van der Waals surface area contributed by atoms with Gasteiger partial charge in [-0.25, -0.2) is 0 Å². The normalized spacial score (nSPS) is 11.3. The zero-order chi connectivity index (χ0) is 13.2. The third kappa shape index (κ3) is 2.45. The van der Waals surface area contributed by atoms with E-state index in [-0.39, 0.29) is 11.1 Å². The van der Waals surface area contributed by atoms with Gasteiger partial charge < -0.3 is 12.9 Å². The summed E-state index contributed by atoms with van der Waals surface area (Å²) in [6.07, 6.45) is 0. The number of hydrogen-bond donors (Lipinski definition) is 0. The molecule has 18 heavy (non-hydrogen) atoms. The van der Waals surface area contributed by atoms with Crippen molar-refractivity contribution in [2.45, 2.75) is 0 Å². The number of rotatable bonds is 3. The van der Waals surface area contributed by atoms with Crippen LogP contribution in [-0.2, 0) is 0 Å². The monoisotopic (exact) mass is 249 g/mol. The van der Waals surface area contributed by atoms with Crippen molar-refractivity contribution in [2.75, 3.05) is 0 Å². The van der Waals surface area contributed by atoms with Crippen molar-refractivity contribution in [3.05, 3.63) is 65.7 Å². The fourth-order valence-corrected chi connectivity index (χ4v) is 1.73. The van der Waals surface area contributed by atoms with Crippen LogP contribution in [0.2, 0.25) is 0 Å². The second-order valence-corrected chi connectivity index (χ2v) is 3.86. The van der Waals surface area contributed by atoms with E-state index in [0.29, 0.717) is 0 Å². The summed E-state index contributed by atoms with van der Waals surface area (Å²) in [5.41, 5.74) is -0.882. The maximum absolute atomic E-state index is 12.8. The standard InChI is InChI=1S/C13H9BF3O/c15-14(16,17)12-9-5-4-8-11(12)13(18)10-6-2-1-3-7-10/h1-9H/q-1. The number of halogens is 3. The maximum Gasteiger partial charge on any atom is 0.510 e. The smallest absolute Gasteiger partial charge is 0.445 e. The molecule has 0 aliphatic rings. The molecule has 0 saturated carbocycles. The van der Waals surface area contributed by atoms with Gasteiger partial charge in [0.1, 0.15) is 0 Å². The first-order chi connectivity index (χ1) is 8.50. The summed E-state index contributed by atoms with van der Waals surface area (Å²) in [6.45, 7) is -5.19. The molecule has 2 aromatic carbocycles. The van der Waals surface area contributed by atoms with Gasteiger partial charge in [-0.3, -0.25) is 4.79 Å². The van der Waals surface area contributed by atoms with Gasteiger partial charge in [0, 0.05) is 5.56 Å². The van der Waals surface area contributed by atoms with Crippen molar-refractivity contribution in [1.29, 1.82) is 0 Å². The molecule has 0 bridgehead atoms. The largest absolute Gasteiger partial charge is 0.510 e. The molecule has 2 rings (SSSR count). The van der Waals surface area contributed by atoms with E-state index < -0.39 is 18.2 Å². The van der Waals surface area contributed by atoms with Crippen molar-refractivity contribution in [3.8, 4) is 0 Å². The summed E-state index contributed by atoms with van der Waals surface area (Å²) < 4.78 is 38.5. The Hall–Kier alpha value is -2.04. The molecule has 2 aromatic rings. The van der Waals surface area contributed by atoms with Crippen molar-refractivity contribution in [3.63, 3.8) is 0 Å². The lowest BCUT2D eigenvalue weighted by molar-refractivity contribution is 0.103. The van der Waals surface area contributed by atoms with Crippen molar-refractivity contribution >= 4 is 18.2 Å². The van der Waals surface area contributed by atoms with Gasteiger partial charge in [0.25, 0.3) is 0 Å². The summed E-state index contributed by atoms with van der Waals surface area (Å²) in [4.78, 5) is 12.0. The van der Waals surface area contributed by atoms with E-state index in [1.54, 1.807) is 18.2 Å². The number of carbonyl (C=O) groups is 1. The summed E-state index contributed by atoms with van der Waals surface area (Å²) in [5.74, 6) is -0.606. The topological polar surface area (TPSA) is 17.1 Å². The van der Waals surface area contributed by atoms with Gasteiger partial charge in [0.05, 0.1) is 0 Å². The molecule has 0 aromatic heterocycles. The molecule has 0 saturated heterocycles. The Morgan fingerprint density at radius 1 is 0.833 bits per heavy atom. The molecule has 0 fully saturated rings. The van der Waals surface area contributed by atoms with Gasteiger partial charge in [-0.05, 0) is 5.56 Å². The molecule has 5 heteroatoms. The molecular formula is C13H9BF3O-. The summed E-state index contributed by atoms with van der Waals surface area (Å²) in [5, 5.41) is 0. The van der Waals surface area contributed by atoms with Gasteiger partial charge >= 0.3 is 6.98 Å². The highest BCUT2D eigenvalue weighted by molar-refractivity contribution is 6.74. The second kappa shape index (κ2) is 4.68. The van der Waals surface area contributed by atoms with Crippen LogP contribution >= 0.6 is 0 Å². The third-order valence-corrected chi connectivity index (χ3v) is 2.59. The van der Waals surface area contributed by atoms with E-state index >= 15 is 0 Å². The molecule has 0 unspecified atom stereocenters. The van der Waals surface area contributed by atoms with Crippen LogP contribution in [0.1, 0.15) is 15.9 Å². The quantitative estimate of drug-likeness (QED) is 0.603. The first-order valence-electron chi connectivity index (χ1n) is 5.39. The van der Waals surface area contributed by atoms with E-state index in [1.807, 2.05) is 0 Å². The molecule has 0 spiro atoms. The average molecular weight is 249 g/mol. The SMILES string of the molecule is O=C(c1ccccc1)c1ccccc1[B-](F)(F)F. The number of hydrogen-bond acceptors (Lipinski definition) is 1. The minimum absolute atomic E-state index is 0.255. The number of benzene rings is 2.